The average Bonchev–Trinajstić information content (AvgIpc) is 2.37. The van der Waals surface area contributed by atoms with Gasteiger partial charge in [0, 0.05) is 0 Å². The highest BCUT2D eigenvalue weighted by Crippen LogP contribution is 2.49. The van der Waals surface area contributed by atoms with Crippen molar-refractivity contribution in [3.63, 3.8) is 0 Å². The van der Waals surface area contributed by atoms with Crippen LogP contribution in [0.3, 0.4) is 0 Å². The van der Waals surface area contributed by atoms with E-state index in [4.69, 9.17) is 4.74 Å². The topological polar surface area (TPSA) is 26.3 Å². The number of rotatable bonds is 0. The van der Waals surface area contributed by atoms with E-state index in [-0.39, 0.29) is 17.5 Å². The minimum atomic E-state index is -0.0278. The first-order valence-corrected chi connectivity index (χ1v) is 3.97. The molecular weight excluding hydrogens is 128 g/mol. The molecule has 0 N–H and O–H groups in total. The van der Waals surface area contributed by atoms with Gasteiger partial charge < -0.3 is 4.74 Å². The SMILES string of the molecule is CC1OC(=O)C12CCCC2. The van der Waals surface area contributed by atoms with E-state index in [2.05, 4.69) is 0 Å². The standard InChI is InChI=1S/C8H12O2/c1-6-8(7(9)10-6)4-2-3-5-8/h6H,2-5H2,1H3. The zero-order valence-electron chi connectivity index (χ0n) is 6.22. The number of hydrogen-bond acceptors (Lipinski definition) is 2. The van der Waals surface area contributed by atoms with Crippen LogP contribution in [0, 0.1) is 5.41 Å². The van der Waals surface area contributed by atoms with Gasteiger partial charge in [-0.05, 0) is 19.8 Å². The Morgan fingerprint density at radius 2 is 2.10 bits per heavy atom. The lowest BCUT2D eigenvalue weighted by molar-refractivity contribution is -0.202. The molecule has 2 heteroatoms. The molecule has 56 valence electrons. The third kappa shape index (κ3) is 0.522. The third-order valence-corrected chi connectivity index (χ3v) is 2.96. The van der Waals surface area contributed by atoms with Gasteiger partial charge >= 0.3 is 5.97 Å². The summed E-state index contributed by atoms with van der Waals surface area (Å²) in [4.78, 5) is 11.0. The van der Waals surface area contributed by atoms with Gasteiger partial charge in [-0.25, -0.2) is 0 Å². The van der Waals surface area contributed by atoms with E-state index in [9.17, 15) is 4.79 Å². The van der Waals surface area contributed by atoms with Crippen molar-refractivity contribution < 1.29 is 9.53 Å². The minimum Gasteiger partial charge on any atom is -0.461 e. The van der Waals surface area contributed by atoms with Crippen molar-refractivity contribution in [2.24, 2.45) is 5.41 Å². The van der Waals surface area contributed by atoms with Crippen LogP contribution in [0.1, 0.15) is 32.6 Å². The molecule has 1 aliphatic carbocycles. The third-order valence-electron chi connectivity index (χ3n) is 2.96. The molecule has 0 amide bonds. The lowest BCUT2D eigenvalue weighted by Gasteiger charge is -2.42. The summed E-state index contributed by atoms with van der Waals surface area (Å²) in [5.41, 5.74) is -0.0278. The van der Waals surface area contributed by atoms with Crippen molar-refractivity contribution >= 4 is 5.97 Å². The normalized spacial score (nSPS) is 35.7. The van der Waals surface area contributed by atoms with Gasteiger partial charge in [0.05, 0.1) is 0 Å². The van der Waals surface area contributed by atoms with Gasteiger partial charge in [0.15, 0.2) is 0 Å². The molecule has 1 spiro atoms. The number of carbonyl (C=O) groups is 1. The lowest BCUT2D eigenvalue weighted by Crippen LogP contribution is -2.53. The molecule has 1 atom stereocenters. The summed E-state index contributed by atoms with van der Waals surface area (Å²) in [6, 6.07) is 0. The van der Waals surface area contributed by atoms with E-state index in [0.29, 0.717) is 0 Å². The van der Waals surface area contributed by atoms with E-state index in [1.54, 1.807) is 0 Å². The Bertz CT molecular complexity index is 168. The van der Waals surface area contributed by atoms with Crippen LogP contribution < -0.4 is 0 Å². The summed E-state index contributed by atoms with van der Waals surface area (Å²) < 4.78 is 4.94. The summed E-state index contributed by atoms with van der Waals surface area (Å²) >= 11 is 0. The summed E-state index contributed by atoms with van der Waals surface area (Å²) in [5, 5.41) is 0. The molecular formula is C8H12O2. The zero-order chi connectivity index (χ0) is 7.19. The molecule has 1 saturated carbocycles. The van der Waals surface area contributed by atoms with Crippen molar-refractivity contribution in [1.82, 2.24) is 0 Å². The average molecular weight is 140 g/mol. The molecule has 1 unspecified atom stereocenters. The van der Waals surface area contributed by atoms with E-state index >= 15 is 0 Å². The Hall–Kier alpha value is -0.530. The Labute approximate surface area is 60.6 Å². The lowest BCUT2D eigenvalue weighted by atomic mass is 9.77. The number of hydrogen-bond donors (Lipinski definition) is 0. The first-order valence-electron chi connectivity index (χ1n) is 3.97. The number of carbonyl (C=O) groups excluding carboxylic acids is 1. The fraction of sp³-hybridized carbons (Fsp3) is 0.875. The molecule has 1 saturated heterocycles. The second kappa shape index (κ2) is 1.74. The van der Waals surface area contributed by atoms with Crippen LogP contribution in [-0.2, 0) is 9.53 Å². The molecule has 0 radical (unpaired) electrons. The smallest absolute Gasteiger partial charge is 0.316 e. The second-order valence-electron chi connectivity index (χ2n) is 3.41. The first-order chi connectivity index (χ1) is 4.76. The zero-order valence-corrected chi connectivity index (χ0v) is 6.22. The van der Waals surface area contributed by atoms with Crippen molar-refractivity contribution in [3.8, 4) is 0 Å². The highest BCUT2D eigenvalue weighted by atomic mass is 16.6. The van der Waals surface area contributed by atoms with E-state index in [1.807, 2.05) is 6.92 Å². The fourth-order valence-corrected chi connectivity index (χ4v) is 2.12. The molecule has 2 nitrogen and oxygen atoms in total. The monoisotopic (exact) mass is 140 g/mol. The molecule has 2 rings (SSSR count). The molecule has 0 aromatic rings. The number of cyclic esters (lactones) is 1. The highest BCUT2D eigenvalue weighted by Gasteiger charge is 2.56. The van der Waals surface area contributed by atoms with Crippen molar-refractivity contribution in [2.75, 3.05) is 0 Å². The van der Waals surface area contributed by atoms with Crippen LogP contribution in [0.4, 0.5) is 0 Å². The van der Waals surface area contributed by atoms with Crippen molar-refractivity contribution in [3.05, 3.63) is 0 Å². The van der Waals surface area contributed by atoms with Crippen LogP contribution in [0.5, 0.6) is 0 Å². The maximum absolute atomic E-state index is 11.0. The van der Waals surface area contributed by atoms with Crippen LogP contribution in [0.2, 0.25) is 0 Å². The Kier molecular flexibility index (Phi) is 1.08. The van der Waals surface area contributed by atoms with Gasteiger partial charge in [-0.3, -0.25) is 4.79 Å². The highest BCUT2D eigenvalue weighted by molar-refractivity contribution is 5.83. The van der Waals surface area contributed by atoms with Crippen molar-refractivity contribution in [1.29, 1.82) is 0 Å². The quantitative estimate of drug-likeness (QED) is 0.476. The van der Waals surface area contributed by atoms with Gasteiger partial charge in [-0.15, -0.1) is 0 Å². The number of ether oxygens (including phenoxy) is 1. The second-order valence-corrected chi connectivity index (χ2v) is 3.41. The van der Waals surface area contributed by atoms with E-state index in [1.165, 1.54) is 12.8 Å². The number of esters is 1. The Morgan fingerprint density at radius 3 is 2.40 bits per heavy atom. The fourth-order valence-electron chi connectivity index (χ4n) is 2.12. The van der Waals surface area contributed by atoms with Crippen LogP contribution >= 0.6 is 0 Å². The predicted molar refractivity (Wildman–Crippen MR) is 36.5 cm³/mol. The van der Waals surface area contributed by atoms with Gasteiger partial charge in [-0.1, -0.05) is 12.8 Å². The van der Waals surface area contributed by atoms with Gasteiger partial charge in [0.1, 0.15) is 11.5 Å². The predicted octanol–water partition coefficient (Wildman–Crippen LogP) is 1.49. The largest absolute Gasteiger partial charge is 0.461 e. The van der Waals surface area contributed by atoms with E-state index < -0.39 is 0 Å². The Balaban J connectivity index is 2.19. The molecule has 1 aliphatic heterocycles. The van der Waals surface area contributed by atoms with Gasteiger partial charge in [0.25, 0.3) is 0 Å². The molecule has 1 heterocycles. The summed E-state index contributed by atoms with van der Waals surface area (Å²) in [7, 11) is 0. The van der Waals surface area contributed by atoms with Crippen LogP contribution in [0.25, 0.3) is 0 Å². The maximum Gasteiger partial charge on any atom is 0.316 e. The molecule has 2 fully saturated rings. The summed E-state index contributed by atoms with van der Waals surface area (Å²) in [6.07, 6.45) is 4.74. The summed E-state index contributed by atoms with van der Waals surface area (Å²) in [5.74, 6) is 0.0532. The maximum atomic E-state index is 11.0. The van der Waals surface area contributed by atoms with Crippen molar-refractivity contribution in [2.45, 2.75) is 38.7 Å². The Morgan fingerprint density at radius 1 is 1.50 bits per heavy atom. The molecule has 0 bridgehead atoms. The van der Waals surface area contributed by atoms with Gasteiger partial charge in [0.2, 0.25) is 0 Å². The van der Waals surface area contributed by atoms with E-state index in [0.717, 1.165) is 12.8 Å². The van der Waals surface area contributed by atoms with Gasteiger partial charge in [-0.2, -0.15) is 0 Å². The minimum absolute atomic E-state index is 0.0278. The molecule has 10 heavy (non-hydrogen) atoms. The van der Waals surface area contributed by atoms with Crippen LogP contribution in [0.15, 0.2) is 0 Å². The summed E-state index contributed by atoms with van der Waals surface area (Å²) in [6.45, 7) is 2.01. The van der Waals surface area contributed by atoms with Crippen LogP contribution in [-0.4, -0.2) is 12.1 Å². The molecule has 2 aliphatic rings. The molecule has 0 aromatic heterocycles. The first kappa shape index (κ1) is 6.20. The molecule has 0 aromatic carbocycles.